The highest BCUT2D eigenvalue weighted by atomic mass is 19.1. The van der Waals surface area contributed by atoms with Crippen LogP contribution in [0.5, 0.6) is 0 Å². The third-order valence-electron chi connectivity index (χ3n) is 3.64. The monoisotopic (exact) mass is 355 g/mol. The van der Waals surface area contributed by atoms with Crippen LogP contribution in [0, 0.1) is 11.2 Å². The van der Waals surface area contributed by atoms with E-state index in [1.54, 1.807) is 26.8 Å². The second-order valence-electron chi connectivity index (χ2n) is 6.60. The van der Waals surface area contributed by atoms with E-state index in [1.165, 1.54) is 38.4 Å². The van der Waals surface area contributed by atoms with Crippen LogP contribution in [-0.2, 0) is 30.3 Å². The molecule has 0 atom stereocenters. The van der Waals surface area contributed by atoms with Crippen LogP contribution >= 0.6 is 0 Å². The Morgan fingerprint density at radius 3 is 2.24 bits per heavy atom. The topological polar surface area (TPSA) is 65.1 Å². The highest BCUT2D eigenvalue weighted by Gasteiger charge is 2.30. The predicted molar refractivity (Wildman–Crippen MR) is 90.0 cm³/mol. The van der Waals surface area contributed by atoms with Crippen LogP contribution in [0.15, 0.2) is 18.2 Å². The van der Waals surface area contributed by atoms with Gasteiger partial charge in [-0.1, -0.05) is 32.9 Å². The summed E-state index contributed by atoms with van der Waals surface area (Å²) in [6, 6.07) is 4.50. The minimum Gasteiger partial charge on any atom is -0.468 e. The summed E-state index contributed by atoms with van der Waals surface area (Å²) in [6.45, 7) is 5.05. The second kappa shape index (κ2) is 8.92. The van der Waals surface area contributed by atoms with Crippen LogP contribution in [0.2, 0.25) is 0 Å². The Morgan fingerprint density at radius 2 is 1.76 bits per heavy atom. The maximum atomic E-state index is 14.3. The molecule has 6 nitrogen and oxygen atoms in total. The van der Waals surface area contributed by atoms with Gasteiger partial charge in [-0.25, -0.2) is 4.39 Å². The summed E-state index contributed by atoms with van der Waals surface area (Å²) >= 11 is 0. The summed E-state index contributed by atoms with van der Waals surface area (Å²) in [6.07, 6.45) is -0.916. The summed E-state index contributed by atoms with van der Waals surface area (Å²) in [5.74, 6) is -1.31. The molecule has 0 radical (unpaired) electrons. The Morgan fingerprint density at radius 1 is 1.16 bits per heavy atom. The number of hydrogen-bond donors (Lipinski definition) is 0. The molecule has 7 heteroatoms. The molecule has 0 N–H and O–H groups in total. The molecule has 1 amide bonds. The Labute approximate surface area is 147 Å². The van der Waals surface area contributed by atoms with Crippen LogP contribution in [0.25, 0.3) is 0 Å². The molecular formula is C18H26FNO5. The van der Waals surface area contributed by atoms with Crippen molar-refractivity contribution in [3.63, 3.8) is 0 Å². The first kappa shape index (κ1) is 21.1. The largest absolute Gasteiger partial charge is 0.468 e. The van der Waals surface area contributed by atoms with Crippen LogP contribution < -0.4 is 0 Å². The maximum absolute atomic E-state index is 14.3. The van der Waals surface area contributed by atoms with Crippen molar-refractivity contribution >= 4 is 11.9 Å². The molecule has 1 aromatic rings. The number of methoxy groups -OCH3 is 3. The first-order valence-electron chi connectivity index (χ1n) is 7.84. The Hall–Kier alpha value is -1.99. The van der Waals surface area contributed by atoms with Crippen LogP contribution in [0.1, 0.15) is 38.2 Å². The number of carbonyl (C=O) groups excluding carboxylic acids is 2. The molecule has 0 aromatic heterocycles. The van der Waals surface area contributed by atoms with Crippen LogP contribution in [-0.4, -0.2) is 44.7 Å². The van der Waals surface area contributed by atoms with E-state index in [-0.39, 0.29) is 24.6 Å². The molecule has 0 heterocycles. The second-order valence-corrected chi connectivity index (χ2v) is 6.60. The van der Waals surface area contributed by atoms with Crippen molar-refractivity contribution in [1.82, 2.24) is 4.90 Å². The van der Waals surface area contributed by atoms with Crippen molar-refractivity contribution in [1.29, 1.82) is 0 Å². The van der Waals surface area contributed by atoms with Crippen molar-refractivity contribution < 1.29 is 28.2 Å². The Kier molecular flexibility index (Phi) is 7.51. The zero-order valence-corrected chi connectivity index (χ0v) is 15.6. The number of halogens is 1. The minimum absolute atomic E-state index is 0.0293. The van der Waals surface area contributed by atoms with Gasteiger partial charge in [0.2, 0.25) is 5.91 Å². The molecule has 0 aliphatic heterocycles. The fraction of sp³-hybridized carbons (Fsp3) is 0.556. The third-order valence-corrected chi connectivity index (χ3v) is 3.64. The van der Waals surface area contributed by atoms with Gasteiger partial charge in [0, 0.05) is 31.7 Å². The van der Waals surface area contributed by atoms with E-state index in [1.807, 2.05) is 0 Å². The van der Waals surface area contributed by atoms with Gasteiger partial charge in [-0.3, -0.25) is 9.59 Å². The molecule has 1 aromatic carbocycles. The van der Waals surface area contributed by atoms with E-state index < -0.39 is 23.5 Å². The molecular weight excluding hydrogens is 329 g/mol. The quantitative estimate of drug-likeness (QED) is 0.556. The molecule has 0 aliphatic carbocycles. The minimum atomic E-state index is -0.916. The van der Waals surface area contributed by atoms with E-state index in [0.717, 1.165) is 0 Å². The molecule has 0 saturated heterocycles. The molecule has 0 aliphatic rings. The standard InChI is InChI=1S/C18H26FNO5/c1-18(2,3)17(22)20(11-14(21)23-4)10-12-8-7-9-13(19)15(12)16(24-5)25-6/h7-9,16H,10-11H2,1-6H3. The lowest BCUT2D eigenvalue weighted by molar-refractivity contribution is -0.150. The molecule has 140 valence electrons. The smallest absolute Gasteiger partial charge is 0.325 e. The first-order chi connectivity index (χ1) is 11.6. The van der Waals surface area contributed by atoms with E-state index in [2.05, 4.69) is 4.74 Å². The number of esters is 1. The number of benzene rings is 1. The average Bonchev–Trinajstić information content (AvgIpc) is 2.55. The van der Waals surface area contributed by atoms with Crippen molar-refractivity contribution in [2.24, 2.45) is 5.41 Å². The van der Waals surface area contributed by atoms with Crippen molar-refractivity contribution in [3.05, 3.63) is 35.1 Å². The fourth-order valence-corrected chi connectivity index (χ4v) is 2.42. The highest BCUT2D eigenvalue weighted by Crippen LogP contribution is 2.27. The summed E-state index contributed by atoms with van der Waals surface area (Å²) in [5.41, 5.74) is -0.0112. The van der Waals surface area contributed by atoms with Gasteiger partial charge in [-0.2, -0.15) is 0 Å². The van der Waals surface area contributed by atoms with E-state index in [9.17, 15) is 14.0 Å². The number of carbonyl (C=O) groups is 2. The maximum Gasteiger partial charge on any atom is 0.325 e. The number of nitrogens with zero attached hydrogens (tertiary/aromatic N) is 1. The molecule has 25 heavy (non-hydrogen) atoms. The number of ether oxygens (including phenoxy) is 3. The predicted octanol–water partition coefficient (Wildman–Crippen LogP) is 2.66. The average molecular weight is 355 g/mol. The third kappa shape index (κ3) is 5.51. The van der Waals surface area contributed by atoms with E-state index in [4.69, 9.17) is 9.47 Å². The number of hydrogen-bond acceptors (Lipinski definition) is 5. The number of amides is 1. The van der Waals surface area contributed by atoms with E-state index in [0.29, 0.717) is 5.56 Å². The summed E-state index contributed by atoms with van der Waals surface area (Å²) in [5, 5.41) is 0. The van der Waals surface area contributed by atoms with Gasteiger partial charge >= 0.3 is 5.97 Å². The summed E-state index contributed by atoms with van der Waals surface area (Å²) in [7, 11) is 4.05. The summed E-state index contributed by atoms with van der Waals surface area (Å²) < 4.78 is 29.3. The van der Waals surface area contributed by atoms with Gasteiger partial charge < -0.3 is 19.1 Å². The van der Waals surface area contributed by atoms with Crippen LogP contribution in [0.4, 0.5) is 4.39 Å². The van der Waals surface area contributed by atoms with Crippen molar-refractivity contribution in [3.8, 4) is 0 Å². The zero-order valence-electron chi connectivity index (χ0n) is 15.6. The Balaban J connectivity index is 3.26. The normalized spacial score (nSPS) is 11.5. The molecule has 0 unspecified atom stereocenters. The number of rotatable bonds is 7. The molecule has 0 spiro atoms. The lowest BCUT2D eigenvalue weighted by Crippen LogP contribution is -2.42. The zero-order chi connectivity index (χ0) is 19.2. The highest BCUT2D eigenvalue weighted by molar-refractivity contribution is 5.85. The van der Waals surface area contributed by atoms with Gasteiger partial charge in [0.05, 0.1) is 7.11 Å². The molecule has 0 saturated carbocycles. The van der Waals surface area contributed by atoms with E-state index >= 15 is 0 Å². The van der Waals surface area contributed by atoms with Gasteiger partial charge in [0.15, 0.2) is 6.29 Å². The lowest BCUT2D eigenvalue weighted by atomic mass is 9.94. The Bertz CT molecular complexity index is 608. The summed E-state index contributed by atoms with van der Waals surface area (Å²) in [4.78, 5) is 25.7. The van der Waals surface area contributed by atoms with Crippen molar-refractivity contribution in [2.75, 3.05) is 27.9 Å². The molecule has 0 fully saturated rings. The SMILES string of the molecule is COC(=O)CN(Cc1cccc(F)c1C(OC)OC)C(=O)C(C)(C)C. The first-order valence-corrected chi connectivity index (χ1v) is 7.84. The van der Waals surface area contributed by atoms with Gasteiger partial charge in [0.25, 0.3) is 0 Å². The molecule has 0 bridgehead atoms. The lowest BCUT2D eigenvalue weighted by Gasteiger charge is -2.30. The van der Waals surface area contributed by atoms with Gasteiger partial charge in [-0.05, 0) is 11.6 Å². The fourth-order valence-electron chi connectivity index (χ4n) is 2.42. The van der Waals surface area contributed by atoms with Crippen LogP contribution in [0.3, 0.4) is 0 Å². The van der Waals surface area contributed by atoms with Gasteiger partial charge in [0.1, 0.15) is 12.4 Å². The van der Waals surface area contributed by atoms with Gasteiger partial charge in [-0.15, -0.1) is 0 Å². The van der Waals surface area contributed by atoms with Crippen molar-refractivity contribution in [2.45, 2.75) is 33.6 Å². The molecule has 1 rings (SSSR count).